The minimum absolute atomic E-state index is 0.0120. The van der Waals surface area contributed by atoms with Gasteiger partial charge in [0.15, 0.2) is 12.6 Å². The highest BCUT2D eigenvalue weighted by atomic mass is 16.7. The Morgan fingerprint density at radius 3 is 2.15 bits per heavy atom. The molecule has 0 aromatic carbocycles. The molecule has 2 aliphatic heterocycles. The van der Waals surface area contributed by atoms with Gasteiger partial charge in [-0.3, -0.25) is 4.79 Å². The molecule has 6 aliphatic rings. The highest BCUT2D eigenvalue weighted by Crippen LogP contribution is 2.71. The van der Waals surface area contributed by atoms with Gasteiger partial charge in [-0.05, 0) is 90.9 Å². The van der Waals surface area contributed by atoms with E-state index in [4.69, 9.17) is 33.2 Å². The summed E-state index contributed by atoms with van der Waals surface area (Å²) in [6.07, 6.45) is -4.82. The molecule has 0 unspecified atom stereocenters. The molecule has 54 heavy (non-hydrogen) atoms. The normalized spacial score (nSPS) is 52.2. The standard InChI is InChI=1S/C40H64O14/c1-10-19(2)35(45)53-32-33-37(6)14-12-24(17-23(37)11-15-39(33,46)40(47)16-13-25(20(3)41)38(40,7)34(32)44)52-27-18-26(48-8)30(22(5)50-27)54-36-29(43)31(49-9)28(42)21(4)51-36/h10,21-34,36,42-44,46-47H,11-18H2,1-9H3/b19-10+/t21-,22-,23+,24+,25-,26+,27+,28-,29-,30-,31-,32+,33-,34-,36+,37+,38+,39+,40-/m1/s1. The molecule has 4 aliphatic carbocycles. The van der Waals surface area contributed by atoms with Crippen LogP contribution in [0.25, 0.3) is 0 Å². The molecule has 0 aromatic rings. The van der Waals surface area contributed by atoms with E-state index in [1.807, 2.05) is 6.92 Å². The molecule has 0 amide bonds. The molecular weight excluding hydrogens is 704 g/mol. The number of hydrogen-bond acceptors (Lipinski definition) is 14. The summed E-state index contributed by atoms with van der Waals surface area (Å²) in [5, 5.41) is 59.1. The van der Waals surface area contributed by atoms with Gasteiger partial charge in [0.1, 0.15) is 53.6 Å². The lowest BCUT2D eigenvalue weighted by Crippen LogP contribution is -2.80. The van der Waals surface area contributed by atoms with Crippen molar-refractivity contribution in [2.45, 2.75) is 185 Å². The molecular formula is C40H64O14. The molecule has 0 spiro atoms. The number of carbonyl (C=O) groups is 2. The van der Waals surface area contributed by atoms with E-state index in [9.17, 15) is 35.1 Å². The molecule has 308 valence electrons. The Labute approximate surface area is 318 Å². The van der Waals surface area contributed by atoms with E-state index in [0.717, 1.165) is 0 Å². The van der Waals surface area contributed by atoms with Gasteiger partial charge in [0.05, 0.1) is 24.4 Å². The number of aliphatic hydroxyl groups is 5. The quantitative estimate of drug-likeness (QED) is 0.130. The Balaban J connectivity index is 1.19. The van der Waals surface area contributed by atoms with Crippen molar-refractivity contribution in [3.8, 4) is 0 Å². The molecule has 2 heterocycles. The number of ether oxygens (including phenoxy) is 7. The fraction of sp³-hybridized carbons (Fsp3) is 0.900. The van der Waals surface area contributed by atoms with E-state index < -0.39 is 107 Å². The van der Waals surface area contributed by atoms with E-state index >= 15 is 0 Å². The van der Waals surface area contributed by atoms with Gasteiger partial charge in [0, 0.05) is 43.5 Å². The summed E-state index contributed by atoms with van der Waals surface area (Å²) in [7, 11) is 2.99. The third-order valence-electron chi connectivity index (χ3n) is 15.1. The number of allylic oxidation sites excluding steroid dienone is 1. The van der Waals surface area contributed by atoms with E-state index in [0.29, 0.717) is 44.1 Å². The SMILES string of the molecule is C/C=C(\C)C(=O)O[C@@H]1[C@@H](O)[C@]2(C)[C@@H](C(C)=O)CC[C@]2(O)[C@]2(O)CC[C@H]3C[C@@H](O[C@H]4C[C@H](OC)[C@H](O[C@@H]5O[C@H](C)[C@@H](O)[C@@H](OC)[C@H]5O)[C@@H](C)O4)CC[C@]3(C)[C@@H]12. The second kappa shape index (κ2) is 15.3. The topological polar surface area (TPSA) is 200 Å². The van der Waals surface area contributed by atoms with Gasteiger partial charge < -0.3 is 58.7 Å². The van der Waals surface area contributed by atoms with Crippen molar-refractivity contribution in [1.29, 1.82) is 0 Å². The molecule has 0 radical (unpaired) electrons. The Morgan fingerprint density at radius 1 is 0.815 bits per heavy atom. The lowest BCUT2D eigenvalue weighted by Gasteiger charge is -2.69. The monoisotopic (exact) mass is 768 g/mol. The summed E-state index contributed by atoms with van der Waals surface area (Å²) >= 11 is 0. The van der Waals surface area contributed by atoms with Crippen LogP contribution in [-0.4, -0.2) is 136 Å². The zero-order chi connectivity index (χ0) is 39.7. The smallest absolute Gasteiger partial charge is 0.333 e. The zero-order valence-corrected chi connectivity index (χ0v) is 33.3. The van der Waals surface area contributed by atoms with Crippen LogP contribution in [0.5, 0.6) is 0 Å². The van der Waals surface area contributed by atoms with Crippen molar-refractivity contribution >= 4 is 11.8 Å². The van der Waals surface area contributed by atoms with E-state index in [-0.39, 0.29) is 30.6 Å². The summed E-state index contributed by atoms with van der Waals surface area (Å²) in [5.41, 5.74) is -5.23. The number of aliphatic hydroxyl groups excluding tert-OH is 3. The first-order valence-corrected chi connectivity index (χ1v) is 19.8. The fourth-order valence-corrected chi connectivity index (χ4v) is 11.8. The highest BCUT2D eigenvalue weighted by molar-refractivity contribution is 5.88. The van der Waals surface area contributed by atoms with Crippen LogP contribution >= 0.6 is 0 Å². The van der Waals surface area contributed by atoms with Gasteiger partial charge in [-0.25, -0.2) is 4.79 Å². The number of rotatable bonds is 9. The van der Waals surface area contributed by atoms with E-state index in [1.54, 1.807) is 40.9 Å². The van der Waals surface area contributed by atoms with Crippen LogP contribution in [0.15, 0.2) is 11.6 Å². The summed E-state index contributed by atoms with van der Waals surface area (Å²) in [6, 6.07) is 0. The zero-order valence-electron chi connectivity index (χ0n) is 33.3. The van der Waals surface area contributed by atoms with Crippen LogP contribution in [0.4, 0.5) is 0 Å². The maximum Gasteiger partial charge on any atom is 0.333 e. The van der Waals surface area contributed by atoms with Crippen LogP contribution < -0.4 is 0 Å². The number of methoxy groups -OCH3 is 2. The second-order valence-electron chi connectivity index (χ2n) is 17.6. The second-order valence-corrected chi connectivity index (χ2v) is 17.6. The van der Waals surface area contributed by atoms with Gasteiger partial charge in [-0.15, -0.1) is 0 Å². The number of Topliss-reactive ketones (excluding diaryl/α,β-unsaturated/α-hetero) is 1. The molecule has 2 saturated heterocycles. The molecule has 6 fully saturated rings. The average Bonchev–Trinajstić information content (AvgIpc) is 3.42. The maximum absolute atomic E-state index is 13.4. The molecule has 14 heteroatoms. The Kier molecular flexibility index (Phi) is 11.9. The first-order chi connectivity index (χ1) is 25.3. The Morgan fingerprint density at radius 2 is 1.52 bits per heavy atom. The lowest BCUT2D eigenvalue weighted by atomic mass is 9.40. The van der Waals surface area contributed by atoms with Gasteiger partial charge in [-0.2, -0.15) is 0 Å². The van der Waals surface area contributed by atoms with Crippen molar-refractivity contribution in [3.05, 3.63) is 11.6 Å². The minimum atomic E-state index is -1.78. The van der Waals surface area contributed by atoms with Crippen LogP contribution in [0, 0.1) is 28.6 Å². The van der Waals surface area contributed by atoms with E-state index in [1.165, 1.54) is 14.0 Å². The van der Waals surface area contributed by atoms with Gasteiger partial charge in [0.25, 0.3) is 0 Å². The molecule has 6 rings (SSSR count). The minimum Gasteiger partial charge on any atom is -0.456 e. The molecule has 5 N–H and O–H groups in total. The maximum atomic E-state index is 13.4. The third kappa shape index (κ3) is 6.43. The predicted molar refractivity (Wildman–Crippen MR) is 192 cm³/mol. The summed E-state index contributed by atoms with van der Waals surface area (Å²) < 4.78 is 42.4. The van der Waals surface area contributed by atoms with Crippen LogP contribution in [0.1, 0.15) is 99.8 Å². The van der Waals surface area contributed by atoms with Crippen LogP contribution in [0.3, 0.4) is 0 Å². The summed E-state index contributed by atoms with van der Waals surface area (Å²) in [6.45, 7) is 12.1. The number of hydrogen-bond donors (Lipinski definition) is 5. The molecule has 0 aromatic heterocycles. The van der Waals surface area contributed by atoms with Crippen molar-refractivity contribution in [3.63, 3.8) is 0 Å². The average molecular weight is 769 g/mol. The molecule has 19 atom stereocenters. The van der Waals surface area contributed by atoms with Gasteiger partial charge in [0.2, 0.25) is 0 Å². The number of carbonyl (C=O) groups excluding carboxylic acids is 2. The van der Waals surface area contributed by atoms with Gasteiger partial charge in [-0.1, -0.05) is 19.9 Å². The van der Waals surface area contributed by atoms with Crippen LogP contribution in [0.2, 0.25) is 0 Å². The number of esters is 1. The van der Waals surface area contributed by atoms with Crippen molar-refractivity contribution in [2.75, 3.05) is 14.2 Å². The molecule has 4 saturated carbocycles. The lowest BCUT2D eigenvalue weighted by molar-refractivity contribution is -0.352. The number of ketones is 1. The summed E-state index contributed by atoms with van der Waals surface area (Å²) in [5.74, 6) is -2.31. The molecule has 14 nitrogen and oxygen atoms in total. The Hall–Kier alpha value is -1.56. The van der Waals surface area contributed by atoms with Crippen molar-refractivity contribution in [1.82, 2.24) is 0 Å². The predicted octanol–water partition coefficient (Wildman–Crippen LogP) is 2.32. The van der Waals surface area contributed by atoms with E-state index in [2.05, 4.69) is 6.92 Å². The Bertz CT molecular complexity index is 1420. The van der Waals surface area contributed by atoms with Crippen molar-refractivity contribution < 1.29 is 68.3 Å². The van der Waals surface area contributed by atoms with Crippen molar-refractivity contribution in [2.24, 2.45) is 28.6 Å². The van der Waals surface area contributed by atoms with Gasteiger partial charge >= 0.3 is 5.97 Å². The van der Waals surface area contributed by atoms with Crippen LogP contribution in [-0.2, 0) is 42.7 Å². The summed E-state index contributed by atoms with van der Waals surface area (Å²) in [4.78, 5) is 26.4. The fourth-order valence-electron chi connectivity index (χ4n) is 11.8. The number of fused-ring (bicyclic) bond motifs is 5. The highest BCUT2D eigenvalue weighted by Gasteiger charge is 2.80. The largest absolute Gasteiger partial charge is 0.456 e. The first kappa shape index (κ1) is 42.1. The molecule has 0 bridgehead atoms. The first-order valence-electron chi connectivity index (χ1n) is 19.8. The third-order valence-corrected chi connectivity index (χ3v) is 15.1.